The number of nitrogen functional groups attached to an aromatic ring is 1. The number of nitrogens with two attached hydrogens (primary N) is 1. The molecule has 2 aromatic heterocycles. The maximum Gasteiger partial charge on any atom is 0.290 e. The number of anilines is 1. The summed E-state index contributed by atoms with van der Waals surface area (Å²) in [6.45, 7) is 2.66. The standard InChI is InChI=1S/C15H20N4O3S/c1-10(14(20)17-6-4-7-22-2)19-15(21)11(16)9-12(18-19)13-5-3-8-23-13/h3,5,8-10H,4,6-7,16H2,1-2H3,(H,17,20)/t10-/m0/s1. The Labute approximate surface area is 138 Å². The molecule has 0 saturated carbocycles. The van der Waals surface area contributed by atoms with E-state index < -0.39 is 11.6 Å². The van der Waals surface area contributed by atoms with Gasteiger partial charge in [-0.1, -0.05) is 6.07 Å². The highest BCUT2D eigenvalue weighted by Gasteiger charge is 2.19. The quantitative estimate of drug-likeness (QED) is 0.742. The molecule has 0 radical (unpaired) electrons. The minimum Gasteiger partial charge on any atom is -0.394 e. The Morgan fingerprint density at radius 2 is 2.35 bits per heavy atom. The Balaban J connectivity index is 2.20. The van der Waals surface area contributed by atoms with Gasteiger partial charge in [-0.05, 0) is 30.9 Å². The molecule has 8 heteroatoms. The molecule has 0 aromatic carbocycles. The third-order valence-electron chi connectivity index (χ3n) is 3.31. The number of rotatable bonds is 7. The monoisotopic (exact) mass is 336 g/mol. The number of hydrogen-bond donors (Lipinski definition) is 2. The number of amides is 1. The second-order valence-electron chi connectivity index (χ2n) is 5.03. The molecule has 0 saturated heterocycles. The topological polar surface area (TPSA) is 99.2 Å². The zero-order valence-corrected chi connectivity index (χ0v) is 13.9. The third kappa shape index (κ3) is 4.17. The molecule has 1 amide bonds. The Bertz CT molecular complexity index is 712. The highest BCUT2D eigenvalue weighted by molar-refractivity contribution is 7.13. The van der Waals surface area contributed by atoms with Gasteiger partial charge in [0.25, 0.3) is 5.56 Å². The molecule has 0 unspecified atom stereocenters. The van der Waals surface area contributed by atoms with Gasteiger partial charge >= 0.3 is 0 Å². The fraction of sp³-hybridized carbons (Fsp3) is 0.400. The van der Waals surface area contributed by atoms with Gasteiger partial charge in [-0.2, -0.15) is 5.10 Å². The highest BCUT2D eigenvalue weighted by atomic mass is 32.1. The predicted octanol–water partition coefficient (Wildman–Crippen LogP) is 1.27. The molecule has 0 spiro atoms. The van der Waals surface area contributed by atoms with Crippen molar-refractivity contribution in [3.05, 3.63) is 33.9 Å². The maximum absolute atomic E-state index is 12.2. The number of methoxy groups -OCH3 is 1. The number of aromatic nitrogens is 2. The zero-order chi connectivity index (χ0) is 16.8. The zero-order valence-electron chi connectivity index (χ0n) is 13.1. The van der Waals surface area contributed by atoms with E-state index in [1.54, 1.807) is 14.0 Å². The SMILES string of the molecule is COCCCNC(=O)[C@H](C)n1nc(-c2cccs2)cc(N)c1=O. The first-order valence-corrected chi connectivity index (χ1v) is 8.12. The summed E-state index contributed by atoms with van der Waals surface area (Å²) in [4.78, 5) is 25.3. The molecular formula is C15H20N4O3S. The van der Waals surface area contributed by atoms with Gasteiger partial charge < -0.3 is 15.8 Å². The molecule has 0 aliphatic heterocycles. The Kier molecular flexibility index (Phi) is 5.89. The number of ether oxygens (including phenoxy) is 1. The molecule has 2 aromatic rings. The minimum atomic E-state index is -0.743. The van der Waals surface area contributed by atoms with E-state index >= 15 is 0 Å². The van der Waals surface area contributed by atoms with Crippen LogP contribution in [0.15, 0.2) is 28.4 Å². The summed E-state index contributed by atoms with van der Waals surface area (Å²) >= 11 is 1.49. The fourth-order valence-electron chi connectivity index (χ4n) is 2.03. The van der Waals surface area contributed by atoms with E-state index in [0.717, 1.165) is 9.56 Å². The van der Waals surface area contributed by atoms with Gasteiger partial charge in [0.2, 0.25) is 5.91 Å². The Morgan fingerprint density at radius 1 is 1.57 bits per heavy atom. The van der Waals surface area contributed by atoms with E-state index in [2.05, 4.69) is 10.4 Å². The van der Waals surface area contributed by atoms with E-state index in [0.29, 0.717) is 25.3 Å². The lowest BCUT2D eigenvalue weighted by atomic mass is 10.2. The van der Waals surface area contributed by atoms with Crippen LogP contribution in [-0.4, -0.2) is 35.9 Å². The molecule has 0 aliphatic rings. The van der Waals surface area contributed by atoms with Crippen LogP contribution in [0.25, 0.3) is 10.6 Å². The molecule has 7 nitrogen and oxygen atoms in total. The largest absolute Gasteiger partial charge is 0.394 e. The normalized spacial score (nSPS) is 12.1. The van der Waals surface area contributed by atoms with Crippen LogP contribution >= 0.6 is 11.3 Å². The van der Waals surface area contributed by atoms with Crippen molar-refractivity contribution in [1.29, 1.82) is 0 Å². The fourth-order valence-corrected chi connectivity index (χ4v) is 2.71. The highest BCUT2D eigenvalue weighted by Crippen LogP contribution is 2.23. The van der Waals surface area contributed by atoms with E-state index in [1.165, 1.54) is 17.4 Å². The molecule has 2 heterocycles. The Hall–Kier alpha value is -2.19. The van der Waals surface area contributed by atoms with Crippen molar-refractivity contribution in [1.82, 2.24) is 15.1 Å². The second kappa shape index (κ2) is 7.89. The first-order chi connectivity index (χ1) is 11.0. The lowest BCUT2D eigenvalue weighted by Crippen LogP contribution is -2.38. The molecule has 0 bridgehead atoms. The average molecular weight is 336 g/mol. The molecule has 2 rings (SSSR count). The van der Waals surface area contributed by atoms with E-state index in [1.807, 2.05) is 17.5 Å². The van der Waals surface area contributed by atoms with Gasteiger partial charge in [0.15, 0.2) is 0 Å². The summed E-state index contributed by atoms with van der Waals surface area (Å²) in [5, 5.41) is 8.96. The predicted molar refractivity (Wildman–Crippen MR) is 90.4 cm³/mol. The summed E-state index contributed by atoms with van der Waals surface area (Å²) < 4.78 is 6.06. The summed E-state index contributed by atoms with van der Waals surface area (Å²) in [5.74, 6) is -0.279. The summed E-state index contributed by atoms with van der Waals surface area (Å²) in [5.41, 5.74) is 5.97. The summed E-state index contributed by atoms with van der Waals surface area (Å²) in [7, 11) is 1.60. The minimum absolute atomic E-state index is 0.0717. The maximum atomic E-state index is 12.2. The van der Waals surface area contributed by atoms with Gasteiger partial charge in [0, 0.05) is 20.3 Å². The first-order valence-electron chi connectivity index (χ1n) is 7.24. The molecule has 23 heavy (non-hydrogen) atoms. The van der Waals surface area contributed by atoms with Crippen LogP contribution in [0.1, 0.15) is 19.4 Å². The lowest BCUT2D eigenvalue weighted by molar-refractivity contribution is -0.124. The van der Waals surface area contributed by atoms with Crippen LogP contribution in [0, 0.1) is 0 Å². The number of thiophene rings is 1. The lowest BCUT2D eigenvalue weighted by Gasteiger charge is -2.15. The third-order valence-corrected chi connectivity index (χ3v) is 4.20. The van der Waals surface area contributed by atoms with Crippen molar-refractivity contribution in [2.24, 2.45) is 0 Å². The van der Waals surface area contributed by atoms with Crippen LogP contribution < -0.4 is 16.6 Å². The van der Waals surface area contributed by atoms with Gasteiger partial charge in [-0.15, -0.1) is 11.3 Å². The first kappa shape index (κ1) is 17.2. The van der Waals surface area contributed by atoms with Crippen molar-refractivity contribution in [3.63, 3.8) is 0 Å². The van der Waals surface area contributed by atoms with Gasteiger partial charge in [0.1, 0.15) is 17.4 Å². The molecule has 0 aliphatic carbocycles. The van der Waals surface area contributed by atoms with Crippen molar-refractivity contribution in [2.75, 3.05) is 26.0 Å². The van der Waals surface area contributed by atoms with Crippen LogP contribution in [-0.2, 0) is 9.53 Å². The van der Waals surface area contributed by atoms with E-state index in [9.17, 15) is 9.59 Å². The van der Waals surface area contributed by atoms with E-state index in [-0.39, 0.29) is 11.6 Å². The van der Waals surface area contributed by atoms with Crippen molar-refractivity contribution >= 4 is 22.9 Å². The molecule has 124 valence electrons. The molecule has 0 fully saturated rings. The van der Waals surface area contributed by atoms with Crippen LogP contribution in [0.3, 0.4) is 0 Å². The van der Waals surface area contributed by atoms with E-state index in [4.69, 9.17) is 10.5 Å². The van der Waals surface area contributed by atoms with Crippen molar-refractivity contribution in [2.45, 2.75) is 19.4 Å². The van der Waals surface area contributed by atoms with Crippen molar-refractivity contribution in [3.8, 4) is 10.6 Å². The summed E-state index contributed by atoms with van der Waals surface area (Å²) in [6.07, 6.45) is 0.703. The van der Waals surface area contributed by atoms with Gasteiger partial charge in [-0.3, -0.25) is 9.59 Å². The van der Waals surface area contributed by atoms with Crippen LogP contribution in [0.4, 0.5) is 5.69 Å². The smallest absolute Gasteiger partial charge is 0.290 e. The number of carbonyl (C=O) groups excluding carboxylic acids is 1. The van der Waals surface area contributed by atoms with Crippen LogP contribution in [0.5, 0.6) is 0 Å². The number of nitrogens with zero attached hydrogens (tertiary/aromatic N) is 2. The van der Waals surface area contributed by atoms with Crippen molar-refractivity contribution < 1.29 is 9.53 Å². The van der Waals surface area contributed by atoms with Crippen LogP contribution in [0.2, 0.25) is 0 Å². The Morgan fingerprint density at radius 3 is 3.00 bits per heavy atom. The van der Waals surface area contributed by atoms with Gasteiger partial charge in [-0.25, -0.2) is 4.68 Å². The van der Waals surface area contributed by atoms with Gasteiger partial charge in [0.05, 0.1) is 4.88 Å². The molecule has 1 atom stereocenters. The molecule has 3 N–H and O–H groups in total. The average Bonchev–Trinajstić information content (AvgIpc) is 3.07. The number of carbonyl (C=O) groups is 1. The second-order valence-corrected chi connectivity index (χ2v) is 5.97. The molecular weight excluding hydrogens is 316 g/mol. The number of hydrogen-bond acceptors (Lipinski definition) is 6. The number of nitrogens with one attached hydrogen (secondary N) is 1. The summed E-state index contributed by atoms with van der Waals surface area (Å²) in [6, 6.07) is 4.57.